The summed E-state index contributed by atoms with van der Waals surface area (Å²) in [6.07, 6.45) is 2.28. The lowest BCUT2D eigenvalue weighted by molar-refractivity contribution is -0.120. The number of nitrogens with one attached hydrogen (secondary N) is 2. The maximum atomic E-state index is 12.4. The number of ether oxygens (including phenoxy) is 1. The Balaban J connectivity index is 1.59. The van der Waals surface area contributed by atoms with Crippen molar-refractivity contribution in [1.29, 1.82) is 0 Å². The molecule has 5 heteroatoms. The van der Waals surface area contributed by atoms with E-state index < -0.39 is 0 Å². The van der Waals surface area contributed by atoms with Crippen LogP contribution >= 0.6 is 0 Å². The molecule has 0 spiro atoms. The zero-order chi connectivity index (χ0) is 17.6. The van der Waals surface area contributed by atoms with Crippen LogP contribution in [0.4, 0.5) is 5.69 Å². The first kappa shape index (κ1) is 17.3. The molecule has 1 aliphatic carbocycles. The van der Waals surface area contributed by atoms with Gasteiger partial charge in [0.25, 0.3) is 0 Å². The fourth-order valence-corrected chi connectivity index (χ4v) is 2.90. The molecule has 1 unspecified atom stereocenters. The lowest BCUT2D eigenvalue weighted by Gasteiger charge is -2.19. The predicted octanol–water partition coefficient (Wildman–Crippen LogP) is 2.87. The maximum absolute atomic E-state index is 12.4. The predicted molar refractivity (Wildman–Crippen MR) is 97.5 cm³/mol. The Labute approximate surface area is 148 Å². The molecule has 132 valence electrons. The molecule has 0 aromatic heterocycles. The van der Waals surface area contributed by atoms with Gasteiger partial charge in [0.15, 0.2) is 0 Å². The molecule has 2 aromatic carbocycles. The number of anilines is 1. The molecule has 3 rings (SSSR count). The van der Waals surface area contributed by atoms with Crippen molar-refractivity contribution in [3.8, 4) is 5.75 Å². The molecular formula is C20H24N2O3. The van der Waals surface area contributed by atoms with E-state index >= 15 is 0 Å². The number of hydrogen-bond acceptors (Lipinski definition) is 4. The van der Waals surface area contributed by atoms with Crippen LogP contribution in [0.25, 0.3) is 0 Å². The van der Waals surface area contributed by atoms with Crippen molar-refractivity contribution in [2.45, 2.75) is 25.5 Å². The van der Waals surface area contributed by atoms with Crippen molar-refractivity contribution in [2.24, 2.45) is 5.92 Å². The highest BCUT2D eigenvalue weighted by Gasteiger charge is 2.33. The average molecular weight is 340 g/mol. The minimum Gasteiger partial charge on any atom is -0.497 e. The van der Waals surface area contributed by atoms with E-state index in [1.807, 2.05) is 48.5 Å². The summed E-state index contributed by atoms with van der Waals surface area (Å²) in [5, 5.41) is 15.4. The molecule has 2 aromatic rings. The van der Waals surface area contributed by atoms with Crippen LogP contribution in [0, 0.1) is 5.92 Å². The fraction of sp³-hybridized carbons (Fsp3) is 0.350. The maximum Gasteiger partial charge on any atom is 0.239 e. The number of carbonyl (C=O) groups excluding carboxylic acids is 1. The Morgan fingerprint density at radius 2 is 2.00 bits per heavy atom. The Kier molecular flexibility index (Phi) is 5.56. The van der Waals surface area contributed by atoms with E-state index in [0.717, 1.165) is 35.4 Å². The van der Waals surface area contributed by atoms with Crippen LogP contribution in [-0.4, -0.2) is 24.7 Å². The second kappa shape index (κ2) is 8.03. The van der Waals surface area contributed by atoms with Gasteiger partial charge in [0.2, 0.25) is 5.91 Å². The highest BCUT2D eigenvalue weighted by molar-refractivity contribution is 5.81. The summed E-state index contributed by atoms with van der Waals surface area (Å²) in [7, 11) is 1.65. The molecule has 0 heterocycles. The summed E-state index contributed by atoms with van der Waals surface area (Å²) in [6, 6.07) is 15.4. The number of methoxy groups -OCH3 is 1. The molecule has 1 amide bonds. The standard InChI is InChI=1S/C20H24N2O3/c1-25-18-9-7-16(8-10-18)20(15-5-6-15)22-19(24)12-21-17-4-2-3-14(11-17)13-23/h2-4,7-11,15,20-21,23H,5-6,12-13H2,1H3,(H,22,24). The van der Waals surface area contributed by atoms with E-state index in [1.54, 1.807) is 7.11 Å². The molecule has 0 bridgehead atoms. The summed E-state index contributed by atoms with van der Waals surface area (Å²) in [5.74, 6) is 1.28. The van der Waals surface area contributed by atoms with Gasteiger partial charge >= 0.3 is 0 Å². The van der Waals surface area contributed by atoms with Gasteiger partial charge < -0.3 is 20.5 Å². The molecule has 1 aliphatic rings. The molecule has 25 heavy (non-hydrogen) atoms. The lowest BCUT2D eigenvalue weighted by Crippen LogP contribution is -2.34. The van der Waals surface area contributed by atoms with Gasteiger partial charge in [-0.3, -0.25) is 4.79 Å². The first-order chi connectivity index (χ1) is 12.2. The van der Waals surface area contributed by atoms with Crippen molar-refractivity contribution in [3.05, 3.63) is 59.7 Å². The summed E-state index contributed by atoms with van der Waals surface area (Å²) in [5.41, 5.74) is 2.76. The van der Waals surface area contributed by atoms with Crippen LogP contribution in [0.15, 0.2) is 48.5 Å². The quantitative estimate of drug-likeness (QED) is 0.691. The highest BCUT2D eigenvalue weighted by Crippen LogP contribution is 2.41. The van der Waals surface area contributed by atoms with Gasteiger partial charge in [-0.1, -0.05) is 24.3 Å². The Morgan fingerprint density at radius 3 is 2.64 bits per heavy atom. The van der Waals surface area contributed by atoms with E-state index in [9.17, 15) is 9.90 Å². The number of aliphatic hydroxyl groups is 1. The number of aliphatic hydroxyl groups excluding tert-OH is 1. The van der Waals surface area contributed by atoms with Crippen LogP contribution in [0.3, 0.4) is 0 Å². The zero-order valence-electron chi connectivity index (χ0n) is 14.4. The van der Waals surface area contributed by atoms with E-state index in [4.69, 9.17) is 4.74 Å². The van der Waals surface area contributed by atoms with Crippen LogP contribution in [-0.2, 0) is 11.4 Å². The smallest absolute Gasteiger partial charge is 0.239 e. The number of benzene rings is 2. The fourth-order valence-electron chi connectivity index (χ4n) is 2.90. The van der Waals surface area contributed by atoms with Gasteiger partial charge in [0, 0.05) is 5.69 Å². The normalized spacial score (nSPS) is 14.6. The molecule has 3 N–H and O–H groups in total. The Hall–Kier alpha value is -2.53. The molecule has 0 saturated heterocycles. The third kappa shape index (κ3) is 4.73. The van der Waals surface area contributed by atoms with Crippen molar-refractivity contribution in [3.63, 3.8) is 0 Å². The first-order valence-corrected chi connectivity index (χ1v) is 8.56. The van der Waals surface area contributed by atoms with E-state index in [1.165, 1.54) is 0 Å². The molecule has 1 saturated carbocycles. The van der Waals surface area contributed by atoms with Crippen LogP contribution in [0.1, 0.15) is 30.0 Å². The van der Waals surface area contributed by atoms with Gasteiger partial charge in [-0.05, 0) is 54.2 Å². The largest absolute Gasteiger partial charge is 0.497 e. The van der Waals surface area contributed by atoms with Crippen molar-refractivity contribution < 1.29 is 14.6 Å². The molecule has 1 fully saturated rings. The number of rotatable bonds is 8. The lowest BCUT2D eigenvalue weighted by atomic mass is 10.0. The van der Waals surface area contributed by atoms with Gasteiger partial charge in [-0.2, -0.15) is 0 Å². The van der Waals surface area contributed by atoms with E-state index in [-0.39, 0.29) is 25.1 Å². The molecular weight excluding hydrogens is 316 g/mol. The number of amides is 1. The summed E-state index contributed by atoms with van der Waals surface area (Å²) in [6.45, 7) is 0.192. The minimum atomic E-state index is -0.0397. The first-order valence-electron chi connectivity index (χ1n) is 8.56. The van der Waals surface area contributed by atoms with Crippen molar-refractivity contribution in [1.82, 2.24) is 5.32 Å². The second-order valence-corrected chi connectivity index (χ2v) is 6.37. The number of carbonyl (C=O) groups is 1. The Morgan fingerprint density at radius 1 is 1.24 bits per heavy atom. The van der Waals surface area contributed by atoms with Crippen LogP contribution < -0.4 is 15.4 Å². The average Bonchev–Trinajstić information content (AvgIpc) is 3.50. The monoisotopic (exact) mass is 340 g/mol. The summed E-state index contributed by atoms with van der Waals surface area (Å²) < 4.78 is 5.20. The molecule has 1 atom stereocenters. The Bertz CT molecular complexity index is 711. The van der Waals surface area contributed by atoms with Crippen molar-refractivity contribution in [2.75, 3.05) is 19.0 Å². The summed E-state index contributed by atoms with van der Waals surface area (Å²) >= 11 is 0. The SMILES string of the molecule is COc1ccc(C(NC(=O)CNc2cccc(CO)c2)C2CC2)cc1. The third-order valence-corrected chi connectivity index (χ3v) is 4.45. The molecule has 0 aliphatic heterocycles. The second-order valence-electron chi connectivity index (χ2n) is 6.37. The third-order valence-electron chi connectivity index (χ3n) is 4.45. The number of hydrogen-bond donors (Lipinski definition) is 3. The van der Waals surface area contributed by atoms with Gasteiger partial charge in [0.05, 0.1) is 26.3 Å². The minimum absolute atomic E-state index is 0.0110. The van der Waals surface area contributed by atoms with Gasteiger partial charge in [0.1, 0.15) is 5.75 Å². The van der Waals surface area contributed by atoms with Crippen LogP contribution in [0.5, 0.6) is 5.75 Å². The van der Waals surface area contributed by atoms with Crippen molar-refractivity contribution >= 4 is 11.6 Å². The summed E-state index contributed by atoms with van der Waals surface area (Å²) in [4.78, 5) is 12.4. The van der Waals surface area contributed by atoms with Crippen LogP contribution in [0.2, 0.25) is 0 Å². The van der Waals surface area contributed by atoms with E-state index in [0.29, 0.717) is 5.92 Å². The van der Waals surface area contributed by atoms with Gasteiger partial charge in [-0.25, -0.2) is 0 Å². The van der Waals surface area contributed by atoms with Gasteiger partial charge in [-0.15, -0.1) is 0 Å². The van der Waals surface area contributed by atoms with E-state index in [2.05, 4.69) is 10.6 Å². The zero-order valence-corrected chi connectivity index (χ0v) is 14.4. The topological polar surface area (TPSA) is 70.6 Å². The highest BCUT2D eigenvalue weighted by atomic mass is 16.5. The molecule has 0 radical (unpaired) electrons. The molecule has 5 nitrogen and oxygen atoms in total.